The lowest BCUT2D eigenvalue weighted by Crippen LogP contribution is -2.18. The molecule has 22 heavy (non-hydrogen) atoms. The molecule has 0 spiro atoms. The smallest absolute Gasteiger partial charge is 0.241 e. The van der Waals surface area contributed by atoms with Gasteiger partial charge in [-0.1, -0.05) is 13.8 Å². The highest BCUT2D eigenvalue weighted by molar-refractivity contribution is 5.35. The summed E-state index contributed by atoms with van der Waals surface area (Å²) in [6.07, 6.45) is 8.77. The molecule has 0 bridgehead atoms. The number of hydrogen-bond donors (Lipinski definition) is 0. The molecule has 3 aromatic rings. The molecule has 0 aliphatic rings. The van der Waals surface area contributed by atoms with E-state index in [1.807, 2.05) is 29.8 Å². The molecule has 3 rings (SSSR count). The first-order valence-electron chi connectivity index (χ1n) is 7.01. The van der Waals surface area contributed by atoms with Crippen LogP contribution in [0.25, 0.3) is 11.9 Å². The van der Waals surface area contributed by atoms with Gasteiger partial charge in [0.05, 0.1) is 0 Å². The first kappa shape index (κ1) is 14.2. The van der Waals surface area contributed by atoms with Gasteiger partial charge in [-0.15, -0.1) is 0 Å². The second-order valence-electron chi connectivity index (χ2n) is 5.41. The van der Waals surface area contributed by atoms with Crippen molar-refractivity contribution in [2.45, 2.75) is 19.8 Å². The SMILES string of the molecule is CC(C)c1nccn1-c1nc(N(C)C)nc(-n2ccnc2)n1. The summed E-state index contributed by atoms with van der Waals surface area (Å²) in [6.45, 7) is 4.17. The fourth-order valence-corrected chi connectivity index (χ4v) is 2.06. The molecule has 0 radical (unpaired) electrons. The van der Waals surface area contributed by atoms with E-state index in [0.29, 0.717) is 17.8 Å². The van der Waals surface area contributed by atoms with Crippen LogP contribution in [0.4, 0.5) is 5.95 Å². The maximum absolute atomic E-state index is 4.54. The maximum Gasteiger partial charge on any atom is 0.241 e. The molecule has 114 valence electrons. The van der Waals surface area contributed by atoms with Crippen LogP contribution < -0.4 is 4.90 Å². The van der Waals surface area contributed by atoms with Crippen molar-refractivity contribution in [3.05, 3.63) is 36.9 Å². The van der Waals surface area contributed by atoms with Crippen molar-refractivity contribution in [2.75, 3.05) is 19.0 Å². The molecule has 0 saturated heterocycles. The molecule has 0 aliphatic carbocycles. The van der Waals surface area contributed by atoms with Crippen LogP contribution in [0, 0.1) is 0 Å². The summed E-state index contributed by atoms with van der Waals surface area (Å²) in [4.78, 5) is 23.8. The molecule has 0 aromatic carbocycles. The molecule has 0 saturated carbocycles. The van der Waals surface area contributed by atoms with Gasteiger partial charge in [0.1, 0.15) is 12.2 Å². The summed E-state index contributed by atoms with van der Waals surface area (Å²) in [5.41, 5.74) is 0. The topological polar surface area (TPSA) is 77.5 Å². The quantitative estimate of drug-likeness (QED) is 0.725. The summed E-state index contributed by atoms with van der Waals surface area (Å²) < 4.78 is 3.64. The van der Waals surface area contributed by atoms with Gasteiger partial charge < -0.3 is 4.90 Å². The Hall–Kier alpha value is -2.77. The summed E-state index contributed by atoms with van der Waals surface area (Å²) in [5.74, 6) is 2.83. The second kappa shape index (κ2) is 5.55. The van der Waals surface area contributed by atoms with Crippen molar-refractivity contribution in [3.63, 3.8) is 0 Å². The van der Waals surface area contributed by atoms with E-state index in [4.69, 9.17) is 0 Å². The Kier molecular flexibility index (Phi) is 3.58. The third-order valence-corrected chi connectivity index (χ3v) is 3.14. The minimum atomic E-state index is 0.270. The standard InChI is InChI=1S/C14H18N8/c1-10(2)11-16-6-8-22(11)14-18-12(20(3)4)17-13(19-14)21-7-5-15-9-21/h5-10H,1-4H3. The number of rotatable bonds is 4. The third-order valence-electron chi connectivity index (χ3n) is 3.14. The van der Waals surface area contributed by atoms with Crippen molar-refractivity contribution in [3.8, 4) is 11.9 Å². The van der Waals surface area contributed by atoms with Gasteiger partial charge in [-0.25, -0.2) is 9.97 Å². The van der Waals surface area contributed by atoms with Gasteiger partial charge in [0.15, 0.2) is 0 Å². The van der Waals surface area contributed by atoms with Crippen LogP contribution >= 0.6 is 0 Å². The summed E-state index contributed by atoms with van der Waals surface area (Å²) >= 11 is 0. The molecule has 3 aromatic heterocycles. The average Bonchev–Trinajstić information content (AvgIpc) is 3.18. The number of hydrogen-bond acceptors (Lipinski definition) is 6. The zero-order valence-corrected chi connectivity index (χ0v) is 13.0. The first-order valence-corrected chi connectivity index (χ1v) is 7.01. The number of anilines is 1. The van der Waals surface area contributed by atoms with Gasteiger partial charge >= 0.3 is 0 Å². The Morgan fingerprint density at radius 3 is 2.41 bits per heavy atom. The van der Waals surface area contributed by atoms with Crippen LogP contribution in [0.1, 0.15) is 25.6 Å². The summed E-state index contributed by atoms with van der Waals surface area (Å²) in [5, 5.41) is 0. The van der Waals surface area contributed by atoms with Crippen molar-refractivity contribution in [1.82, 2.24) is 34.1 Å². The fraction of sp³-hybridized carbons (Fsp3) is 0.357. The predicted molar refractivity (Wildman–Crippen MR) is 82.5 cm³/mol. The molecule has 0 fully saturated rings. The molecule has 0 atom stereocenters. The summed E-state index contributed by atoms with van der Waals surface area (Å²) in [6, 6.07) is 0. The molecule has 0 amide bonds. The minimum absolute atomic E-state index is 0.270. The van der Waals surface area contributed by atoms with E-state index < -0.39 is 0 Å². The molecular formula is C14H18N8. The molecule has 8 heteroatoms. The Bertz CT molecular complexity index is 757. The van der Waals surface area contributed by atoms with Crippen molar-refractivity contribution < 1.29 is 0 Å². The van der Waals surface area contributed by atoms with Gasteiger partial charge in [0, 0.05) is 44.8 Å². The largest absolute Gasteiger partial charge is 0.347 e. The highest BCUT2D eigenvalue weighted by atomic mass is 15.3. The normalized spacial score (nSPS) is 11.1. The van der Waals surface area contributed by atoms with Crippen LogP contribution in [-0.4, -0.2) is 48.1 Å². The number of imidazole rings is 2. The second-order valence-corrected chi connectivity index (χ2v) is 5.41. The van der Waals surface area contributed by atoms with Gasteiger partial charge in [-0.2, -0.15) is 15.0 Å². The number of aromatic nitrogens is 7. The lowest BCUT2D eigenvalue weighted by molar-refractivity contribution is 0.722. The van der Waals surface area contributed by atoms with Crippen LogP contribution in [0.5, 0.6) is 0 Å². The molecule has 3 heterocycles. The third kappa shape index (κ3) is 2.54. The lowest BCUT2D eigenvalue weighted by Gasteiger charge is -2.14. The Balaban J connectivity index is 2.17. The van der Waals surface area contributed by atoms with Crippen LogP contribution in [0.3, 0.4) is 0 Å². The van der Waals surface area contributed by atoms with Crippen molar-refractivity contribution in [1.29, 1.82) is 0 Å². The van der Waals surface area contributed by atoms with Crippen molar-refractivity contribution >= 4 is 5.95 Å². The fourth-order valence-electron chi connectivity index (χ4n) is 2.06. The Labute approximate surface area is 128 Å². The van der Waals surface area contributed by atoms with Crippen LogP contribution in [-0.2, 0) is 0 Å². The summed E-state index contributed by atoms with van der Waals surface area (Å²) in [7, 11) is 3.79. The molecule has 8 nitrogen and oxygen atoms in total. The van der Waals surface area contributed by atoms with E-state index in [-0.39, 0.29) is 5.92 Å². The van der Waals surface area contributed by atoms with E-state index in [1.165, 1.54) is 0 Å². The minimum Gasteiger partial charge on any atom is -0.347 e. The lowest BCUT2D eigenvalue weighted by atomic mass is 10.2. The van der Waals surface area contributed by atoms with Gasteiger partial charge in [-0.05, 0) is 0 Å². The molecular weight excluding hydrogens is 280 g/mol. The number of nitrogens with zero attached hydrogens (tertiary/aromatic N) is 8. The highest BCUT2D eigenvalue weighted by Crippen LogP contribution is 2.17. The molecule has 0 aliphatic heterocycles. The van der Waals surface area contributed by atoms with Gasteiger partial charge in [-0.3, -0.25) is 9.13 Å². The highest BCUT2D eigenvalue weighted by Gasteiger charge is 2.15. The predicted octanol–water partition coefficient (Wildman–Crippen LogP) is 1.43. The van der Waals surface area contributed by atoms with E-state index >= 15 is 0 Å². The average molecular weight is 298 g/mol. The Morgan fingerprint density at radius 2 is 1.77 bits per heavy atom. The first-order chi connectivity index (χ1) is 10.6. The maximum atomic E-state index is 4.54. The molecule has 0 N–H and O–H groups in total. The molecule has 0 unspecified atom stereocenters. The zero-order valence-electron chi connectivity index (χ0n) is 13.0. The van der Waals surface area contributed by atoms with Gasteiger partial charge in [0.2, 0.25) is 17.8 Å². The van der Waals surface area contributed by atoms with Crippen LogP contribution in [0.2, 0.25) is 0 Å². The zero-order chi connectivity index (χ0) is 15.7. The van der Waals surface area contributed by atoms with E-state index in [2.05, 4.69) is 38.8 Å². The van der Waals surface area contributed by atoms with E-state index in [1.54, 1.807) is 29.5 Å². The van der Waals surface area contributed by atoms with Crippen LogP contribution in [0.15, 0.2) is 31.1 Å². The van der Waals surface area contributed by atoms with E-state index in [0.717, 1.165) is 5.82 Å². The van der Waals surface area contributed by atoms with Crippen molar-refractivity contribution in [2.24, 2.45) is 0 Å². The Morgan fingerprint density at radius 1 is 1.00 bits per heavy atom. The monoisotopic (exact) mass is 298 g/mol. The van der Waals surface area contributed by atoms with E-state index in [9.17, 15) is 0 Å². The van der Waals surface area contributed by atoms with Gasteiger partial charge in [0.25, 0.3) is 0 Å².